The van der Waals surface area contributed by atoms with Crippen molar-refractivity contribution >= 4 is 43.5 Å². The van der Waals surface area contributed by atoms with E-state index in [4.69, 9.17) is 5.41 Å². The molecule has 2 aromatic rings. The number of anilines is 1. The molecule has 2 heterocycles. The lowest BCUT2D eigenvalue weighted by Crippen LogP contribution is -2.61. The van der Waals surface area contributed by atoms with Crippen LogP contribution in [0.4, 0.5) is 10.1 Å². The van der Waals surface area contributed by atoms with Crippen molar-refractivity contribution in [3.05, 3.63) is 52.3 Å². The van der Waals surface area contributed by atoms with Crippen molar-refractivity contribution in [2.45, 2.75) is 12.5 Å². The Bertz CT molecular complexity index is 1060. The summed E-state index contributed by atoms with van der Waals surface area (Å²) in [5, 5.41) is 13.1. The Labute approximate surface area is 169 Å². The highest BCUT2D eigenvalue weighted by Crippen LogP contribution is 2.31. The number of hydrogen-bond donors (Lipinski definition) is 3. The second-order valence-corrected chi connectivity index (χ2v) is 9.32. The van der Waals surface area contributed by atoms with E-state index in [0.717, 1.165) is 10.4 Å². The minimum Gasteiger partial charge on any atom is -0.345 e. The van der Waals surface area contributed by atoms with E-state index >= 15 is 0 Å². The third-order valence-corrected chi connectivity index (χ3v) is 6.61. The SMILES string of the molecule is CN1C(=N)N[C@](C)(c2cc(NC(=O)c3ncc(Br)cn3)ccc2F)CS1(=O)=O. The van der Waals surface area contributed by atoms with Gasteiger partial charge in [0.2, 0.25) is 21.8 Å². The molecule has 0 unspecified atom stereocenters. The number of guanidine groups is 1. The number of nitrogens with zero attached hydrogens (tertiary/aromatic N) is 3. The summed E-state index contributed by atoms with van der Waals surface area (Å²) >= 11 is 3.17. The predicted molar refractivity (Wildman–Crippen MR) is 104 cm³/mol. The number of amides is 1. The van der Waals surface area contributed by atoms with E-state index < -0.39 is 33.0 Å². The molecule has 12 heteroatoms. The first-order chi connectivity index (χ1) is 13.0. The molecule has 0 spiro atoms. The summed E-state index contributed by atoms with van der Waals surface area (Å²) in [4.78, 5) is 20.0. The number of sulfonamides is 1. The number of hydrogen-bond acceptors (Lipinski definition) is 6. The lowest BCUT2D eigenvalue weighted by Gasteiger charge is -2.40. The largest absolute Gasteiger partial charge is 0.345 e. The summed E-state index contributed by atoms with van der Waals surface area (Å²) in [6, 6.07) is 3.79. The second kappa shape index (κ2) is 7.09. The standard InChI is InChI=1S/C16H16BrFN6O3S/c1-16(8-28(26,27)24(2)15(19)23-16)11-5-10(3-4-12(11)18)22-14(25)13-20-6-9(17)7-21-13/h3-7H,8H2,1-2H3,(H2,19,23)(H,22,25)/t16-/m0/s1. The Morgan fingerprint density at radius 1 is 1.39 bits per heavy atom. The summed E-state index contributed by atoms with van der Waals surface area (Å²) in [6.07, 6.45) is 2.83. The fraction of sp³-hybridized carbons (Fsp3) is 0.250. The van der Waals surface area contributed by atoms with Crippen molar-refractivity contribution in [3.8, 4) is 0 Å². The maximum absolute atomic E-state index is 14.5. The van der Waals surface area contributed by atoms with E-state index in [1.54, 1.807) is 0 Å². The van der Waals surface area contributed by atoms with E-state index in [0.29, 0.717) is 4.47 Å². The summed E-state index contributed by atoms with van der Waals surface area (Å²) in [5.41, 5.74) is -1.15. The van der Waals surface area contributed by atoms with Crippen LogP contribution in [0.5, 0.6) is 0 Å². The molecule has 1 aliphatic rings. The van der Waals surface area contributed by atoms with Gasteiger partial charge in [-0.25, -0.2) is 27.1 Å². The number of halogens is 2. The maximum Gasteiger partial charge on any atom is 0.293 e. The van der Waals surface area contributed by atoms with E-state index in [9.17, 15) is 17.6 Å². The Morgan fingerprint density at radius 2 is 2.04 bits per heavy atom. The fourth-order valence-electron chi connectivity index (χ4n) is 2.76. The molecular formula is C16H16BrFN6O3S. The van der Waals surface area contributed by atoms with Gasteiger partial charge in [-0.2, -0.15) is 0 Å². The highest BCUT2D eigenvalue weighted by molar-refractivity contribution is 9.10. The topological polar surface area (TPSA) is 128 Å². The summed E-state index contributed by atoms with van der Waals surface area (Å²) in [7, 11) is -2.55. The first-order valence-electron chi connectivity index (χ1n) is 7.94. The zero-order valence-electron chi connectivity index (χ0n) is 14.8. The molecule has 1 atom stereocenters. The molecule has 28 heavy (non-hydrogen) atoms. The summed E-state index contributed by atoms with van der Waals surface area (Å²) in [6.45, 7) is 1.48. The Balaban J connectivity index is 1.92. The average Bonchev–Trinajstić information content (AvgIpc) is 2.61. The number of nitrogens with one attached hydrogen (secondary N) is 3. The molecule has 148 valence electrons. The van der Waals surface area contributed by atoms with Crippen LogP contribution >= 0.6 is 15.9 Å². The van der Waals surface area contributed by atoms with Crippen molar-refractivity contribution in [2.24, 2.45) is 0 Å². The monoisotopic (exact) mass is 470 g/mol. The van der Waals surface area contributed by atoms with Crippen LogP contribution in [0, 0.1) is 11.2 Å². The smallest absolute Gasteiger partial charge is 0.293 e. The molecule has 3 rings (SSSR count). The molecule has 1 aliphatic heterocycles. The van der Waals surface area contributed by atoms with Gasteiger partial charge in [-0.1, -0.05) is 0 Å². The van der Waals surface area contributed by atoms with Gasteiger partial charge in [0.15, 0.2) is 0 Å². The molecule has 9 nitrogen and oxygen atoms in total. The van der Waals surface area contributed by atoms with E-state index in [-0.39, 0.29) is 23.0 Å². The molecule has 1 fully saturated rings. The molecule has 1 saturated heterocycles. The number of carbonyl (C=O) groups is 1. The molecule has 1 amide bonds. The van der Waals surface area contributed by atoms with Gasteiger partial charge in [0.1, 0.15) is 5.82 Å². The van der Waals surface area contributed by atoms with Gasteiger partial charge in [0.05, 0.1) is 15.8 Å². The molecule has 1 aromatic heterocycles. The minimum atomic E-state index is -3.80. The van der Waals surface area contributed by atoms with Crippen molar-refractivity contribution in [3.63, 3.8) is 0 Å². The Hall–Kier alpha value is -2.60. The van der Waals surface area contributed by atoms with Gasteiger partial charge in [-0.3, -0.25) is 10.2 Å². The van der Waals surface area contributed by atoms with E-state index in [2.05, 4.69) is 36.5 Å². The average molecular weight is 471 g/mol. The van der Waals surface area contributed by atoms with Gasteiger partial charge < -0.3 is 10.6 Å². The highest BCUT2D eigenvalue weighted by atomic mass is 79.9. The number of aromatic nitrogens is 2. The van der Waals surface area contributed by atoms with Crippen molar-refractivity contribution in [1.82, 2.24) is 19.6 Å². The van der Waals surface area contributed by atoms with Gasteiger partial charge >= 0.3 is 0 Å². The van der Waals surface area contributed by atoms with Gasteiger partial charge in [-0.15, -0.1) is 0 Å². The summed E-state index contributed by atoms with van der Waals surface area (Å²) in [5.74, 6) is -2.18. The first kappa shape index (κ1) is 20.1. The van der Waals surface area contributed by atoms with Crippen LogP contribution in [-0.2, 0) is 15.6 Å². The van der Waals surface area contributed by atoms with Gasteiger partial charge in [0.25, 0.3) is 5.91 Å². The quantitative estimate of drug-likeness (QED) is 0.625. The zero-order chi connectivity index (χ0) is 20.7. The minimum absolute atomic E-state index is 0.00319. The van der Waals surface area contributed by atoms with E-state index in [1.165, 1.54) is 38.5 Å². The van der Waals surface area contributed by atoms with Crippen LogP contribution in [0.15, 0.2) is 35.1 Å². The number of carbonyl (C=O) groups excluding carboxylic acids is 1. The van der Waals surface area contributed by atoms with Crippen LogP contribution in [0.1, 0.15) is 23.1 Å². The molecule has 0 radical (unpaired) electrons. The van der Waals surface area contributed by atoms with Crippen LogP contribution < -0.4 is 10.6 Å². The molecule has 0 bridgehead atoms. The summed E-state index contributed by atoms with van der Waals surface area (Å²) < 4.78 is 40.5. The molecule has 0 saturated carbocycles. The Kier molecular flexibility index (Phi) is 5.10. The fourth-order valence-corrected chi connectivity index (χ4v) is 4.44. The lowest BCUT2D eigenvalue weighted by molar-refractivity contribution is 0.101. The number of benzene rings is 1. The van der Waals surface area contributed by atoms with Crippen molar-refractivity contribution in [2.75, 3.05) is 18.1 Å². The van der Waals surface area contributed by atoms with Crippen LogP contribution in [-0.4, -0.2) is 47.4 Å². The highest BCUT2D eigenvalue weighted by Gasteiger charge is 2.43. The first-order valence-corrected chi connectivity index (χ1v) is 10.3. The zero-order valence-corrected chi connectivity index (χ0v) is 17.2. The lowest BCUT2D eigenvalue weighted by atomic mass is 9.93. The molecular weight excluding hydrogens is 455 g/mol. The van der Waals surface area contributed by atoms with Gasteiger partial charge in [-0.05, 0) is 41.1 Å². The third kappa shape index (κ3) is 3.83. The Morgan fingerprint density at radius 3 is 2.64 bits per heavy atom. The van der Waals surface area contributed by atoms with Crippen LogP contribution in [0.3, 0.4) is 0 Å². The molecule has 1 aromatic carbocycles. The maximum atomic E-state index is 14.5. The van der Waals surface area contributed by atoms with Crippen molar-refractivity contribution in [1.29, 1.82) is 5.41 Å². The van der Waals surface area contributed by atoms with E-state index in [1.807, 2.05) is 0 Å². The second-order valence-electron chi connectivity index (χ2n) is 6.40. The molecule has 0 aliphatic carbocycles. The van der Waals surface area contributed by atoms with Crippen LogP contribution in [0.2, 0.25) is 0 Å². The predicted octanol–water partition coefficient (Wildman–Crippen LogP) is 1.65. The number of rotatable bonds is 3. The third-order valence-electron chi connectivity index (χ3n) is 4.24. The van der Waals surface area contributed by atoms with Crippen molar-refractivity contribution < 1.29 is 17.6 Å². The normalized spacial score (nSPS) is 21.1. The van der Waals surface area contributed by atoms with Crippen LogP contribution in [0.25, 0.3) is 0 Å². The molecule has 3 N–H and O–H groups in total. The van der Waals surface area contributed by atoms with Gasteiger partial charge in [0, 0.05) is 30.7 Å².